The maximum atomic E-state index is 12.7. The van der Waals surface area contributed by atoms with Crippen LogP contribution < -0.4 is 5.56 Å². The van der Waals surface area contributed by atoms with Gasteiger partial charge >= 0.3 is 0 Å². The molecule has 0 aliphatic rings. The summed E-state index contributed by atoms with van der Waals surface area (Å²) in [5.74, 6) is 0. The maximum Gasteiger partial charge on any atom is 0.267 e. The van der Waals surface area contributed by atoms with Crippen molar-refractivity contribution in [2.45, 2.75) is 16.3 Å². The summed E-state index contributed by atoms with van der Waals surface area (Å²) in [4.78, 5) is 21.9. The van der Waals surface area contributed by atoms with E-state index in [4.69, 9.17) is 5.21 Å². The fraction of sp³-hybridized carbons (Fsp3) is 0.0588. The third kappa shape index (κ3) is 2.79. The summed E-state index contributed by atoms with van der Waals surface area (Å²) in [6.45, 7) is 1.90. The molecular weight excluding hydrogens is 356 g/mol. The Morgan fingerprint density at radius 3 is 2.88 bits per heavy atom. The van der Waals surface area contributed by atoms with Crippen LogP contribution in [0.25, 0.3) is 15.9 Å². The van der Waals surface area contributed by atoms with Crippen molar-refractivity contribution in [1.82, 2.24) is 14.4 Å². The molecule has 0 fully saturated rings. The van der Waals surface area contributed by atoms with E-state index < -0.39 is 0 Å². The van der Waals surface area contributed by atoms with E-state index in [0.29, 0.717) is 10.7 Å². The van der Waals surface area contributed by atoms with Crippen LogP contribution in [0, 0.1) is 6.92 Å². The number of aryl methyl sites for hydroxylation is 1. The lowest BCUT2D eigenvalue weighted by atomic mass is 10.3. The molecule has 0 aliphatic heterocycles. The van der Waals surface area contributed by atoms with E-state index in [-0.39, 0.29) is 11.1 Å². The van der Waals surface area contributed by atoms with E-state index in [1.165, 1.54) is 27.5 Å². The first-order valence-corrected chi connectivity index (χ1v) is 9.03. The summed E-state index contributed by atoms with van der Waals surface area (Å²) in [5.41, 5.74) is 2.32. The number of hydrogen-bond donors (Lipinski definition) is 1. The number of fused-ring (bicyclic) bond motifs is 2. The van der Waals surface area contributed by atoms with Gasteiger partial charge in [-0.25, -0.2) is 9.97 Å². The molecule has 0 bridgehead atoms. The number of thiazole rings is 1. The van der Waals surface area contributed by atoms with Gasteiger partial charge in [0.2, 0.25) is 0 Å². The molecule has 0 aliphatic carbocycles. The first kappa shape index (κ1) is 15.8. The van der Waals surface area contributed by atoms with Gasteiger partial charge in [0.05, 0.1) is 22.0 Å². The number of rotatable bonds is 3. The number of oxime groups is 1. The Labute approximate surface area is 150 Å². The quantitative estimate of drug-likeness (QED) is 0.259. The first-order chi connectivity index (χ1) is 12.2. The Balaban J connectivity index is 1.91. The van der Waals surface area contributed by atoms with Gasteiger partial charge in [0, 0.05) is 6.20 Å². The largest absolute Gasteiger partial charge is 0.411 e. The Hall–Kier alpha value is -2.71. The lowest BCUT2D eigenvalue weighted by molar-refractivity contribution is 0.321. The van der Waals surface area contributed by atoms with Crippen molar-refractivity contribution in [2.75, 3.05) is 0 Å². The molecule has 8 heteroatoms. The Bertz CT molecular complexity index is 1150. The molecule has 0 atom stereocenters. The van der Waals surface area contributed by atoms with Crippen LogP contribution in [0.5, 0.6) is 0 Å². The van der Waals surface area contributed by atoms with Gasteiger partial charge in [-0.1, -0.05) is 23.4 Å². The van der Waals surface area contributed by atoms with E-state index in [9.17, 15) is 4.79 Å². The summed E-state index contributed by atoms with van der Waals surface area (Å²) in [5, 5.41) is 12.4. The standard InChI is InChI=1S/C17H12N4O2S2/c1-10-5-4-8-21-14(10)20-15(11(9-18-23)16(21)22)25-17-19-12-6-2-3-7-13(12)24-17/h2-9,23H,1H3/b18-9-. The fourth-order valence-electron chi connectivity index (χ4n) is 2.52. The third-order valence-corrected chi connectivity index (χ3v) is 5.80. The minimum absolute atomic E-state index is 0.231. The molecule has 0 spiro atoms. The zero-order valence-electron chi connectivity index (χ0n) is 13.1. The monoisotopic (exact) mass is 368 g/mol. The van der Waals surface area contributed by atoms with E-state index in [2.05, 4.69) is 15.1 Å². The Kier molecular flexibility index (Phi) is 3.98. The van der Waals surface area contributed by atoms with Crippen molar-refractivity contribution >= 4 is 45.2 Å². The van der Waals surface area contributed by atoms with Crippen molar-refractivity contribution in [3.05, 3.63) is 64.1 Å². The second-order valence-electron chi connectivity index (χ2n) is 5.31. The molecule has 3 aromatic heterocycles. The second-order valence-corrected chi connectivity index (χ2v) is 7.58. The topological polar surface area (TPSA) is 79.9 Å². The number of aromatic nitrogens is 3. The van der Waals surface area contributed by atoms with Crippen molar-refractivity contribution in [1.29, 1.82) is 0 Å². The average Bonchev–Trinajstić information content (AvgIpc) is 3.01. The summed E-state index contributed by atoms with van der Waals surface area (Å²) in [6.07, 6.45) is 2.78. The van der Waals surface area contributed by atoms with E-state index in [1.54, 1.807) is 12.3 Å². The van der Waals surface area contributed by atoms with Crippen LogP contribution in [0.4, 0.5) is 0 Å². The highest BCUT2D eigenvalue weighted by molar-refractivity contribution is 8.01. The van der Waals surface area contributed by atoms with Gasteiger partial charge < -0.3 is 5.21 Å². The van der Waals surface area contributed by atoms with E-state index in [1.807, 2.05) is 37.3 Å². The molecule has 4 rings (SSSR count). The molecular formula is C17H12N4O2S2. The van der Waals surface area contributed by atoms with Gasteiger partial charge in [-0.15, -0.1) is 11.3 Å². The maximum absolute atomic E-state index is 12.7. The number of para-hydroxylation sites is 1. The number of benzene rings is 1. The summed E-state index contributed by atoms with van der Waals surface area (Å²) >= 11 is 2.83. The Morgan fingerprint density at radius 2 is 2.08 bits per heavy atom. The first-order valence-electron chi connectivity index (χ1n) is 7.40. The normalized spacial score (nSPS) is 11.7. The average molecular weight is 368 g/mol. The lowest BCUT2D eigenvalue weighted by Gasteiger charge is -2.07. The summed E-state index contributed by atoms with van der Waals surface area (Å²) < 4.78 is 3.30. The molecule has 0 radical (unpaired) electrons. The van der Waals surface area contributed by atoms with Crippen molar-refractivity contribution < 1.29 is 5.21 Å². The molecule has 25 heavy (non-hydrogen) atoms. The van der Waals surface area contributed by atoms with Crippen molar-refractivity contribution in [3.63, 3.8) is 0 Å². The van der Waals surface area contributed by atoms with Gasteiger partial charge in [-0.3, -0.25) is 9.20 Å². The van der Waals surface area contributed by atoms with Crippen LogP contribution in [0.3, 0.4) is 0 Å². The van der Waals surface area contributed by atoms with Gasteiger partial charge in [0.1, 0.15) is 10.7 Å². The molecule has 0 amide bonds. The van der Waals surface area contributed by atoms with Crippen molar-refractivity contribution in [3.8, 4) is 0 Å². The molecule has 3 heterocycles. The molecule has 4 aromatic rings. The summed E-state index contributed by atoms with van der Waals surface area (Å²) in [6, 6.07) is 11.5. The molecule has 0 saturated heterocycles. The van der Waals surface area contributed by atoms with Gasteiger partial charge in [0.25, 0.3) is 5.56 Å². The number of pyridine rings is 1. The van der Waals surface area contributed by atoms with Crippen LogP contribution in [-0.4, -0.2) is 25.8 Å². The SMILES string of the molecule is Cc1cccn2c(=O)c(/C=N\O)c(Sc3nc4ccccc4s3)nc12. The zero-order chi connectivity index (χ0) is 17.4. The van der Waals surface area contributed by atoms with Crippen molar-refractivity contribution in [2.24, 2.45) is 5.16 Å². The molecule has 0 saturated carbocycles. The fourth-order valence-corrected chi connectivity index (χ4v) is 4.58. The smallest absolute Gasteiger partial charge is 0.267 e. The van der Waals surface area contributed by atoms with E-state index >= 15 is 0 Å². The Morgan fingerprint density at radius 1 is 1.24 bits per heavy atom. The van der Waals surface area contributed by atoms with Gasteiger partial charge in [-0.2, -0.15) is 0 Å². The number of nitrogens with zero attached hydrogens (tertiary/aromatic N) is 4. The minimum Gasteiger partial charge on any atom is -0.411 e. The van der Waals surface area contributed by atoms with Gasteiger partial charge in [0.15, 0.2) is 4.34 Å². The predicted molar refractivity (Wildman–Crippen MR) is 99.3 cm³/mol. The number of hydrogen-bond acceptors (Lipinski definition) is 7. The molecule has 1 aromatic carbocycles. The van der Waals surface area contributed by atoms with Gasteiger partial charge in [-0.05, 0) is 42.4 Å². The molecule has 124 valence electrons. The van der Waals surface area contributed by atoms with Crippen LogP contribution in [0.2, 0.25) is 0 Å². The molecule has 0 unspecified atom stereocenters. The van der Waals surface area contributed by atoms with Crippen LogP contribution >= 0.6 is 23.1 Å². The third-order valence-electron chi connectivity index (χ3n) is 3.69. The highest BCUT2D eigenvalue weighted by Crippen LogP contribution is 2.34. The van der Waals surface area contributed by atoms with Crippen LogP contribution in [-0.2, 0) is 0 Å². The second kappa shape index (κ2) is 6.30. The highest BCUT2D eigenvalue weighted by atomic mass is 32.2. The van der Waals surface area contributed by atoms with E-state index in [0.717, 1.165) is 26.3 Å². The molecule has 6 nitrogen and oxygen atoms in total. The van der Waals surface area contributed by atoms with Crippen LogP contribution in [0.15, 0.2) is 61.9 Å². The minimum atomic E-state index is -0.282. The van der Waals surface area contributed by atoms with Crippen LogP contribution in [0.1, 0.15) is 11.1 Å². The predicted octanol–water partition coefficient (Wildman–Crippen LogP) is 3.57. The zero-order valence-corrected chi connectivity index (χ0v) is 14.7. The lowest BCUT2D eigenvalue weighted by Crippen LogP contribution is -2.21. The molecule has 1 N–H and O–H groups in total. The summed E-state index contributed by atoms with van der Waals surface area (Å²) in [7, 11) is 0. The highest BCUT2D eigenvalue weighted by Gasteiger charge is 2.16.